The number of nitrogens with one attached hydrogen (secondary N) is 1. The van der Waals surface area contributed by atoms with E-state index in [0.29, 0.717) is 12.1 Å². The van der Waals surface area contributed by atoms with Crippen molar-refractivity contribution in [1.29, 1.82) is 0 Å². The largest absolute Gasteiger partial charge is 0.496 e. The molecule has 2 rings (SSSR count). The van der Waals surface area contributed by atoms with E-state index >= 15 is 0 Å². The Bertz CT molecular complexity index is 439. The third-order valence-electron chi connectivity index (χ3n) is 3.99. The molecule has 3 heteroatoms. The molecule has 0 saturated carbocycles. The molecule has 20 heavy (non-hydrogen) atoms. The lowest BCUT2D eigenvalue weighted by Crippen LogP contribution is -2.45. The average molecular weight is 276 g/mol. The minimum absolute atomic E-state index is 0.189. The SMILES string of the molecule is COc1ccccc1[C@H](C)N1CC[C@@H](NC(C)(C)C)C1. The molecule has 0 aliphatic carbocycles. The van der Waals surface area contributed by atoms with Crippen LogP contribution in [0.25, 0.3) is 0 Å². The van der Waals surface area contributed by atoms with Gasteiger partial charge in [-0.1, -0.05) is 18.2 Å². The Kier molecular flexibility index (Phi) is 4.71. The molecule has 1 fully saturated rings. The first-order valence-corrected chi connectivity index (χ1v) is 7.55. The summed E-state index contributed by atoms with van der Waals surface area (Å²) in [6.07, 6.45) is 1.22. The van der Waals surface area contributed by atoms with Gasteiger partial charge < -0.3 is 10.1 Å². The van der Waals surface area contributed by atoms with Gasteiger partial charge in [0.05, 0.1) is 7.11 Å². The molecule has 112 valence electrons. The van der Waals surface area contributed by atoms with Gasteiger partial charge in [-0.2, -0.15) is 0 Å². The zero-order valence-corrected chi connectivity index (χ0v) is 13.4. The van der Waals surface area contributed by atoms with E-state index in [1.807, 2.05) is 12.1 Å². The number of likely N-dealkylation sites (tertiary alicyclic amines) is 1. The van der Waals surface area contributed by atoms with Crippen molar-refractivity contribution in [2.75, 3.05) is 20.2 Å². The van der Waals surface area contributed by atoms with Crippen LogP contribution >= 0.6 is 0 Å². The summed E-state index contributed by atoms with van der Waals surface area (Å²) in [5, 5.41) is 3.71. The van der Waals surface area contributed by atoms with Crippen molar-refractivity contribution in [2.24, 2.45) is 0 Å². The lowest BCUT2D eigenvalue weighted by molar-refractivity contribution is 0.243. The van der Waals surface area contributed by atoms with Crippen molar-refractivity contribution in [3.8, 4) is 5.75 Å². The number of nitrogens with zero attached hydrogens (tertiary/aromatic N) is 1. The van der Waals surface area contributed by atoms with E-state index in [-0.39, 0.29) is 5.54 Å². The van der Waals surface area contributed by atoms with E-state index in [2.05, 4.69) is 50.0 Å². The molecular weight excluding hydrogens is 248 g/mol. The van der Waals surface area contributed by atoms with Gasteiger partial charge in [-0.15, -0.1) is 0 Å². The molecule has 2 atom stereocenters. The number of benzene rings is 1. The monoisotopic (exact) mass is 276 g/mol. The molecule has 3 nitrogen and oxygen atoms in total. The lowest BCUT2D eigenvalue weighted by Gasteiger charge is -2.28. The van der Waals surface area contributed by atoms with Gasteiger partial charge in [0, 0.05) is 36.3 Å². The van der Waals surface area contributed by atoms with Crippen LogP contribution in [-0.4, -0.2) is 36.7 Å². The molecule has 0 unspecified atom stereocenters. The van der Waals surface area contributed by atoms with Gasteiger partial charge in [0.15, 0.2) is 0 Å². The lowest BCUT2D eigenvalue weighted by atomic mass is 10.1. The van der Waals surface area contributed by atoms with Crippen molar-refractivity contribution in [3.05, 3.63) is 29.8 Å². The molecule has 0 bridgehead atoms. The molecule has 0 aromatic heterocycles. The quantitative estimate of drug-likeness (QED) is 0.914. The molecule has 1 aliphatic rings. The van der Waals surface area contributed by atoms with Crippen LogP contribution in [0.3, 0.4) is 0 Å². The van der Waals surface area contributed by atoms with Gasteiger partial charge in [-0.3, -0.25) is 4.90 Å². The predicted molar refractivity (Wildman–Crippen MR) is 84.3 cm³/mol. The minimum atomic E-state index is 0.189. The molecular formula is C17H28N2O. The fourth-order valence-corrected chi connectivity index (χ4v) is 3.08. The minimum Gasteiger partial charge on any atom is -0.496 e. The molecule has 1 aromatic rings. The van der Waals surface area contributed by atoms with Crippen LogP contribution < -0.4 is 10.1 Å². The van der Waals surface area contributed by atoms with Gasteiger partial charge in [0.1, 0.15) is 5.75 Å². The van der Waals surface area contributed by atoms with Crippen molar-refractivity contribution in [2.45, 2.75) is 51.7 Å². The molecule has 1 heterocycles. The summed E-state index contributed by atoms with van der Waals surface area (Å²) in [7, 11) is 1.75. The van der Waals surface area contributed by atoms with Crippen LogP contribution in [0.5, 0.6) is 5.75 Å². The molecule has 1 aromatic carbocycles. The Labute approximate surface area is 123 Å². The second-order valence-electron chi connectivity index (χ2n) is 6.79. The molecule has 0 radical (unpaired) electrons. The number of hydrogen-bond acceptors (Lipinski definition) is 3. The topological polar surface area (TPSA) is 24.5 Å². The maximum Gasteiger partial charge on any atom is 0.123 e. The van der Waals surface area contributed by atoms with Gasteiger partial charge in [-0.25, -0.2) is 0 Å². The zero-order chi connectivity index (χ0) is 14.8. The first kappa shape index (κ1) is 15.3. The summed E-state index contributed by atoms with van der Waals surface area (Å²) >= 11 is 0. The van der Waals surface area contributed by atoms with Crippen LogP contribution in [0, 0.1) is 0 Å². The van der Waals surface area contributed by atoms with Crippen molar-refractivity contribution < 1.29 is 4.74 Å². The van der Waals surface area contributed by atoms with Crippen molar-refractivity contribution in [1.82, 2.24) is 10.2 Å². The Morgan fingerprint density at radius 3 is 2.65 bits per heavy atom. The van der Waals surface area contributed by atoms with Gasteiger partial charge in [-0.05, 0) is 40.2 Å². The molecule has 0 amide bonds. The van der Waals surface area contributed by atoms with Crippen molar-refractivity contribution >= 4 is 0 Å². The van der Waals surface area contributed by atoms with E-state index < -0.39 is 0 Å². The van der Waals surface area contributed by atoms with Crippen LogP contribution in [0.4, 0.5) is 0 Å². The van der Waals surface area contributed by atoms with E-state index in [1.165, 1.54) is 12.0 Å². The first-order chi connectivity index (χ1) is 9.40. The van der Waals surface area contributed by atoms with Crippen LogP contribution in [-0.2, 0) is 0 Å². The van der Waals surface area contributed by atoms with Gasteiger partial charge in [0.2, 0.25) is 0 Å². The van der Waals surface area contributed by atoms with E-state index in [0.717, 1.165) is 18.8 Å². The summed E-state index contributed by atoms with van der Waals surface area (Å²) in [5.41, 5.74) is 1.47. The summed E-state index contributed by atoms with van der Waals surface area (Å²) in [4.78, 5) is 2.54. The number of ether oxygens (including phenoxy) is 1. The predicted octanol–water partition coefficient (Wildman–Crippen LogP) is 3.22. The molecule has 0 spiro atoms. The smallest absolute Gasteiger partial charge is 0.123 e. The molecule has 1 aliphatic heterocycles. The van der Waals surface area contributed by atoms with E-state index in [4.69, 9.17) is 4.74 Å². The summed E-state index contributed by atoms with van der Waals surface area (Å²) in [5.74, 6) is 0.993. The van der Waals surface area contributed by atoms with Crippen LogP contribution in [0.2, 0.25) is 0 Å². The third-order valence-corrected chi connectivity index (χ3v) is 3.99. The Morgan fingerprint density at radius 2 is 2.00 bits per heavy atom. The summed E-state index contributed by atoms with van der Waals surface area (Å²) in [6.45, 7) is 11.2. The van der Waals surface area contributed by atoms with Crippen LogP contribution in [0.15, 0.2) is 24.3 Å². The average Bonchev–Trinajstić information content (AvgIpc) is 2.84. The summed E-state index contributed by atoms with van der Waals surface area (Å²) in [6, 6.07) is 9.34. The van der Waals surface area contributed by atoms with Crippen molar-refractivity contribution in [3.63, 3.8) is 0 Å². The number of rotatable bonds is 4. The van der Waals surface area contributed by atoms with E-state index in [9.17, 15) is 0 Å². The number of para-hydroxylation sites is 1. The standard InChI is InChI=1S/C17H28N2O/c1-13(15-8-6-7-9-16(15)20-5)19-11-10-14(12-19)18-17(2,3)4/h6-9,13-14,18H,10-12H2,1-5H3/t13-,14+/m0/s1. The Morgan fingerprint density at radius 1 is 1.30 bits per heavy atom. The molecule has 1 N–H and O–H groups in total. The Hall–Kier alpha value is -1.06. The highest BCUT2D eigenvalue weighted by Gasteiger charge is 2.29. The second kappa shape index (κ2) is 6.15. The third kappa shape index (κ3) is 3.74. The normalized spacial score (nSPS) is 21.9. The Balaban J connectivity index is 2.02. The maximum atomic E-state index is 5.49. The van der Waals surface area contributed by atoms with Crippen LogP contribution in [0.1, 0.15) is 45.7 Å². The fraction of sp³-hybridized carbons (Fsp3) is 0.647. The number of hydrogen-bond donors (Lipinski definition) is 1. The highest BCUT2D eigenvalue weighted by Crippen LogP contribution is 2.31. The number of methoxy groups -OCH3 is 1. The van der Waals surface area contributed by atoms with E-state index in [1.54, 1.807) is 7.11 Å². The van der Waals surface area contributed by atoms with Gasteiger partial charge in [0.25, 0.3) is 0 Å². The van der Waals surface area contributed by atoms with Gasteiger partial charge >= 0.3 is 0 Å². The molecule has 1 saturated heterocycles. The first-order valence-electron chi connectivity index (χ1n) is 7.55. The highest BCUT2D eigenvalue weighted by atomic mass is 16.5. The second-order valence-corrected chi connectivity index (χ2v) is 6.79. The fourth-order valence-electron chi connectivity index (χ4n) is 3.08. The zero-order valence-electron chi connectivity index (χ0n) is 13.4. The highest BCUT2D eigenvalue weighted by molar-refractivity contribution is 5.35. The maximum absolute atomic E-state index is 5.49. The summed E-state index contributed by atoms with van der Waals surface area (Å²) < 4.78 is 5.49.